The zero-order valence-electron chi connectivity index (χ0n) is 11.0. The van der Waals surface area contributed by atoms with Crippen molar-refractivity contribution in [1.82, 2.24) is 4.98 Å². The van der Waals surface area contributed by atoms with E-state index in [0.717, 1.165) is 0 Å². The molecule has 0 aliphatic heterocycles. The number of aromatic nitrogens is 1. The van der Waals surface area contributed by atoms with Crippen LogP contribution < -0.4 is 4.90 Å². The normalized spacial score (nSPS) is 22.8. The van der Waals surface area contributed by atoms with Crippen molar-refractivity contribution < 1.29 is 14.7 Å². The highest BCUT2D eigenvalue weighted by molar-refractivity contribution is 5.93. The van der Waals surface area contributed by atoms with Crippen molar-refractivity contribution in [2.75, 3.05) is 11.9 Å². The van der Waals surface area contributed by atoms with E-state index in [4.69, 9.17) is 5.11 Å². The van der Waals surface area contributed by atoms with Crippen LogP contribution in [0.25, 0.3) is 0 Å². The van der Waals surface area contributed by atoms with E-state index in [0.29, 0.717) is 31.5 Å². The first-order chi connectivity index (χ1) is 9.09. The molecule has 1 amide bonds. The van der Waals surface area contributed by atoms with Crippen LogP contribution in [0.15, 0.2) is 24.4 Å². The molecule has 0 saturated heterocycles. The van der Waals surface area contributed by atoms with Gasteiger partial charge >= 0.3 is 5.97 Å². The average Bonchev–Trinajstić information content (AvgIpc) is 2.46. The predicted octanol–water partition coefficient (Wildman–Crippen LogP) is 1.94. The Morgan fingerprint density at radius 2 is 1.84 bits per heavy atom. The van der Waals surface area contributed by atoms with E-state index in [1.165, 1.54) is 0 Å². The van der Waals surface area contributed by atoms with Gasteiger partial charge in [-0.2, -0.15) is 0 Å². The van der Waals surface area contributed by atoms with Crippen molar-refractivity contribution in [2.24, 2.45) is 11.8 Å². The molecule has 1 aromatic rings. The van der Waals surface area contributed by atoms with E-state index in [-0.39, 0.29) is 17.7 Å². The zero-order valence-corrected chi connectivity index (χ0v) is 11.0. The third-order valence-electron chi connectivity index (χ3n) is 3.75. The molecule has 5 nitrogen and oxygen atoms in total. The van der Waals surface area contributed by atoms with Crippen LogP contribution in [-0.2, 0) is 9.59 Å². The molecule has 1 N–H and O–H groups in total. The third-order valence-corrected chi connectivity index (χ3v) is 3.75. The van der Waals surface area contributed by atoms with Gasteiger partial charge in [0.2, 0.25) is 5.91 Å². The highest BCUT2D eigenvalue weighted by Crippen LogP contribution is 2.30. The largest absolute Gasteiger partial charge is 0.481 e. The summed E-state index contributed by atoms with van der Waals surface area (Å²) in [5, 5.41) is 8.94. The van der Waals surface area contributed by atoms with Crippen molar-refractivity contribution in [3.63, 3.8) is 0 Å². The minimum Gasteiger partial charge on any atom is -0.481 e. The summed E-state index contributed by atoms with van der Waals surface area (Å²) >= 11 is 0. The Balaban J connectivity index is 1.96. The highest BCUT2D eigenvalue weighted by Gasteiger charge is 2.31. The quantitative estimate of drug-likeness (QED) is 0.903. The van der Waals surface area contributed by atoms with Gasteiger partial charge in [0.25, 0.3) is 0 Å². The molecule has 0 atom stereocenters. The van der Waals surface area contributed by atoms with E-state index in [9.17, 15) is 9.59 Å². The average molecular weight is 262 g/mol. The number of pyridine rings is 1. The number of aliphatic carboxylic acids is 1. The van der Waals surface area contributed by atoms with Gasteiger partial charge < -0.3 is 5.11 Å². The van der Waals surface area contributed by atoms with Gasteiger partial charge in [0.05, 0.1) is 5.92 Å². The second-order valence-electron chi connectivity index (χ2n) is 4.97. The van der Waals surface area contributed by atoms with Crippen molar-refractivity contribution in [1.29, 1.82) is 0 Å². The van der Waals surface area contributed by atoms with Gasteiger partial charge in [-0.05, 0) is 37.8 Å². The van der Waals surface area contributed by atoms with Crippen LogP contribution in [0.2, 0.25) is 0 Å². The fraction of sp³-hybridized carbons (Fsp3) is 0.500. The first kappa shape index (κ1) is 13.5. The number of anilines is 1. The molecule has 2 rings (SSSR count). The monoisotopic (exact) mass is 262 g/mol. The molecular weight excluding hydrogens is 244 g/mol. The summed E-state index contributed by atoms with van der Waals surface area (Å²) in [4.78, 5) is 28.9. The van der Waals surface area contributed by atoms with Crippen molar-refractivity contribution >= 4 is 17.7 Å². The first-order valence-corrected chi connectivity index (χ1v) is 6.51. The lowest BCUT2D eigenvalue weighted by molar-refractivity contribution is -0.143. The maximum absolute atomic E-state index is 12.3. The third kappa shape index (κ3) is 3.10. The first-order valence-electron chi connectivity index (χ1n) is 6.51. The summed E-state index contributed by atoms with van der Waals surface area (Å²) in [7, 11) is 1.72. The predicted molar refractivity (Wildman–Crippen MR) is 70.7 cm³/mol. The van der Waals surface area contributed by atoms with E-state index >= 15 is 0 Å². The number of hydrogen-bond acceptors (Lipinski definition) is 3. The van der Waals surface area contributed by atoms with Crippen molar-refractivity contribution in [2.45, 2.75) is 25.7 Å². The summed E-state index contributed by atoms with van der Waals surface area (Å²) in [5.74, 6) is -0.453. The molecule has 1 heterocycles. The standard InChI is InChI=1S/C14H18N2O3/c1-16(12-4-2-3-9-15-12)13(17)10-5-7-11(8-6-10)14(18)19/h2-4,9-11H,5-8H2,1H3,(H,18,19). The maximum Gasteiger partial charge on any atom is 0.306 e. The summed E-state index contributed by atoms with van der Waals surface area (Å²) < 4.78 is 0. The number of nitrogens with zero attached hydrogens (tertiary/aromatic N) is 2. The molecule has 1 fully saturated rings. The zero-order chi connectivity index (χ0) is 13.8. The number of carboxylic acid groups (broad SMARTS) is 1. The molecule has 1 aromatic heterocycles. The lowest BCUT2D eigenvalue weighted by Gasteiger charge is -2.28. The number of carbonyl (C=O) groups excluding carboxylic acids is 1. The van der Waals surface area contributed by atoms with Crippen LogP contribution in [0, 0.1) is 11.8 Å². The minimum absolute atomic E-state index is 0.0301. The SMILES string of the molecule is CN(C(=O)C1CCC(C(=O)O)CC1)c1ccccn1. The number of carboxylic acids is 1. The Morgan fingerprint density at radius 1 is 1.21 bits per heavy atom. The molecule has 0 spiro atoms. The van der Waals surface area contributed by atoms with Crippen LogP contribution in [0.1, 0.15) is 25.7 Å². The fourth-order valence-corrected chi connectivity index (χ4v) is 2.53. The number of rotatable bonds is 3. The lowest BCUT2D eigenvalue weighted by Crippen LogP contribution is -2.36. The van der Waals surface area contributed by atoms with Crippen LogP contribution in [-0.4, -0.2) is 29.0 Å². The number of carbonyl (C=O) groups is 2. The van der Waals surface area contributed by atoms with Crippen LogP contribution in [0.5, 0.6) is 0 Å². The van der Waals surface area contributed by atoms with Crippen molar-refractivity contribution in [3.05, 3.63) is 24.4 Å². The number of hydrogen-bond donors (Lipinski definition) is 1. The van der Waals surface area contributed by atoms with Crippen LogP contribution >= 0.6 is 0 Å². The van der Waals surface area contributed by atoms with Crippen molar-refractivity contribution in [3.8, 4) is 0 Å². The van der Waals surface area contributed by atoms with Gasteiger partial charge in [-0.15, -0.1) is 0 Å². The Hall–Kier alpha value is -1.91. The molecule has 102 valence electrons. The molecule has 1 aliphatic rings. The topological polar surface area (TPSA) is 70.5 Å². The summed E-state index contributed by atoms with van der Waals surface area (Å²) in [5.41, 5.74) is 0. The molecule has 0 unspecified atom stereocenters. The Kier molecular flexibility index (Phi) is 4.14. The van der Waals surface area contributed by atoms with Gasteiger partial charge in [-0.25, -0.2) is 4.98 Å². The second-order valence-corrected chi connectivity index (χ2v) is 4.97. The Morgan fingerprint density at radius 3 is 2.37 bits per heavy atom. The molecular formula is C14H18N2O3. The molecule has 1 aliphatic carbocycles. The lowest BCUT2D eigenvalue weighted by atomic mass is 9.81. The van der Waals surface area contributed by atoms with Crippen LogP contribution in [0.4, 0.5) is 5.82 Å². The summed E-state index contributed by atoms with van der Waals surface area (Å²) in [6, 6.07) is 5.44. The number of amides is 1. The molecule has 1 saturated carbocycles. The van der Waals surface area contributed by atoms with Gasteiger partial charge in [0, 0.05) is 19.2 Å². The summed E-state index contributed by atoms with van der Waals surface area (Å²) in [6.07, 6.45) is 4.12. The van der Waals surface area contributed by atoms with E-state index in [1.807, 2.05) is 6.07 Å². The molecule has 0 aromatic carbocycles. The van der Waals surface area contributed by atoms with E-state index in [1.54, 1.807) is 30.3 Å². The molecule has 0 radical (unpaired) electrons. The molecule has 0 bridgehead atoms. The fourth-order valence-electron chi connectivity index (χ4n) is 2.53. The Bertz CT molecular complexity index is 453. The van der Waals surface area contributed by atoms with E-state index < -0.39 is 5.97 Å². The van der Waals surface area contributed by atoms with Gasteiger partial charge in [-0.1, -0.05) is 6.07 Å². The summed E-state index contributed by atoms with van der Waals surface area (Å²) in [6.45, 7) is 0. The van der Waals surface area contributed by atoms with Gasteiger partial charge in [0.1, 0.15) is 5.82 Å². The van der Waals surface area contributed by atoms with E-state index in [2.05, 4.69) is 4.98 Å². The smallest absolute Gasteiger partial charge is 0.306 e. The van der Waals surface area contributed by atoms with Gasteiger partial charge in [-0.3, -0.25) is 14.5 Å². The van der Waals surface area contributed by atoms with Gasteiger partial charge in [0.15, 0.2) is 0 Å². The maximum atomic E-state index is 12.3. The second kappa shape index (κ2) is 5.82. The Labute approximate surface area is 112 Å². The minimum atomic E-state index is -0.746. The van der Waals surface area contributed by atoms with Crippen LogP contribution in [0.3, 0.4) is 0 Å². The highest BCUT2D eigenvalue weighted by atomic mass is 16.4. The molecule has 5 heteroatoms. The molecule has 19 heavy (non-hydrogen) atoms.